The molecule has 0 heterocycles. The fourth-order valence-corrected chi connectivity index (χ4v) is 4.42. The summed E-state index contributed by atoms with van der Waals surface area (Å²) >= 11 is 5.66. The van der Waals surface area contributed by atoms with Crippen LogP contribution in [0.3, 0.4) is 0 Å². The molecule has 0 fully saturated rings. The number of amides is 1. The van der Waals surface area contributed by atoms with Gasteiger partial charge >= 0.3 is 23.9 Å². The number of hydrogen-bond acceptors (Lipinski definition) is 10. The van der Waals surface area contributed by atoms with Crippen LogP contribution in [0.4, 0.5) is 17.1 Å². The molecule has 0 saturated heterocycles. The van der Waals surface area contributed by atoms with Gasteiger partial charge in [-0.25, -0.2) is 0 Å². The molecule has 16 heteroatoms. The minimum absolute atomic E-state index is 0.0516. The molecule has 2 aromatic rings. The number of hydrogen-bond donors (Lipinski definition) is 5. The molecule has 2 rings (SSSR count). The first kappa shape index (κ1) is 37.4. The largest absolute Gasteiger partial charge is 0.488 e. The normalized spacial score (nSPS) is 10.5. The lowest BCUT2D eigenvalue weighted by molar-refractivity contribution is -0.138. The molecule has 2 aromatic carbocycles. The van der Waals surface area contributed by atoms with Crippen molar-refractivity contribution in [1.29, 1.82) is 0 Å². The summed E-state index contributed by atoms with van der Waals surface area (Å²) in [6.07, 6.45) is 3.60. The number of carboxylic acid groups (broad SMARTS) is 4. The molecule has 5 N–H and O–H groups in total. The van der Waals surface area contributed by atoms with Crippen molar-refractivity contribution in [3.05, 3.63) is 42.5 Å². The lowest BCUT2D eigenvalue weighted by Gasteiger charge is -2.25. The Hall–Kier alpha value is -4.76. The number of aliphatic carboxylic acids is 4. The van der Waals surface area contributed by atoms with Gasteiger partial charge in [0, 0.05) is 24.2 Å². The molecule has 46 heavy (non-hydrogen) atoms. The van der Waals surface area contributed by atoms with Gasteiger partial charge in [0.05, 0.1) is 11.4 Å². The molecule has 1 amide bonds. The molecular weight excluding hydrogens is 630 g/mol. The quantitative estimate of drug-likeness (QED) is 0.0805. The van der Waals surface area contributed by atoms with Crippen LogP contribution in [0.5, 0.6) is 11.5 Å². The number of halogens is 1. The highest BCUT2D eigenvalue weighted by Gasteiger charge is 2.21. The van der Waals surface area contributed by atoms with Crippen LogP contribution in [0.2, 0.25) is 0 Å². The van der Waals surface area contributed by atoms with Gasteiger partial charge in [-0.3, -0.25) is 24.0 Å². The fourth-order valence-electron chi connectivity index (χ4n) is 4.23. The van der Waals surface area contributed by atoms with E-state index < -0.39 is 56.0 Å². The van der Waals surface area contributed by atoms with Gasteiger partial charge in [0.15, 0.2) is 0 Å². The molecule has 0 bridgehead atoms. The number of carbonyl (C=O) groups is 5. The number of anilines is 3. The second-order valence-corrected chi connectivity index (χ2v) is 10.2. The highest BCUT2D eigenvalue weighted by molar-refractivity contribution is 6.17. The predicted octanol–water partition coefficient (Wildman–Crippen LogP) is 2.85. The maximum absolute atomic E-state index is 12.4. The third-order valence-electron chi connectivity index (χ3n) is 6.10. The van der Waals surface area contributed by atoms with Gasteiger partial charge in [0.1, 0.15) is 57.5 Å². The van der Waals surface area contributed by atoms with Gasteiger partial charge in [-0.2, -0.15) is 0 Å². The number of nitrogens with one attached hydrogen (secondary N) is 1. The molecule has 0 unspecified atom stereocenters. The minimum Gasteiger partial charge on any atom is -0.488 e. The number of benzene rings is 2. The van der Waals surface area contributed by atoms with E-state index in [0.717, 1.165) is 35.5 Å². The number of carboxylic acids is 4. The van der Waals surface area contributed by atoms with Crippen LogP contribution in [-0.2, 0) is 28.7 Å². The number of ether oxygens (including phenoxy) is 3. The van der Waals surface area contributed by atoms with Crippen LogP contribution in [0, 0.1) is 0 Å². The average Bonchev–Trinajstić information content (AvgIpc) is 2.97. The average molecular weight is 668 g/mol. The third-order valence-corrected chi connectivity index (χ3v) is 6.37. The van der Waals surface area contributed by atoms with Crippen molar-refractivity contribution in [3.8, 4) is 11.5 Å². The molecule has 252 valence electrons. The van der Waals surface area contributed by atoms with Crippen LogP contribution in [0.1, 0.15) is 25.7 Å². The zero-order chi connectivity index (χ0) is 33.9. The lowest BCUT2D eigenvalue weighted by atomic mass is 10.2. The first-order chi connectivity index (χ1) is 22.0. The SMILES string of the molecule is O=C(O)CN(CC(=O)O)c1ccccc1OCCOc1cc(NC(=O)COCCCCCCCl)ccc1N(CC(=O)O)CC(=O)O. The number of rotatable bonds is 24. The van der Waals surface area contributed by atoms with Crippen molar-refractivity contribution < 1.29 is 58.6 Å². The summed E-state index contributed by atoms with van der Waals surface area (Å²) in [4.78, 5) is 60.2. The Morgan fingerprint density at radius 1 is 0.652 bits per heavy atom. The van der Waals surface area contributed by atoms with Crippen molar-refractivity contribution in [2.24, 2.45) is 0 Å². The summed E-state index contributed by atoms with van der Waals surface area (Å²) < 4.78 is 17.0. The number of para-hydroxylation sites is 2. The molecule has 0 aliphatic carbocycles. The van der Waals surface area contributed by atoms with Gasteiger partial charge in [-0.05, 0) is 37.1 Å². The monoisotopic (exact) mass is 667 g/mol. The molecule has 0 atom stereocenters. The van der Waals surface area contributed by atoms with E-state index in [9.17, 15) is 44.4 Å². The summed E-state index contributed by atoms with van der Waals surface area (Å²) in [5.74, 6) is -4.65. The Morgan fingerprint density at radius 2 is 1.17 bits per heavy atom. The Labute approximate surface area is 270 Å². The van der Waals surface area contributed by atoms with E-state index in [0.29, 0.717) is 12.5 Å². The maximum Gasteiger partial charge on any atom is 0.323 e. The third kappa shape index (κ3) is 14.3. The van der Waals surface area contributed by atoms with E-state index in [2.05, 4.69) is 5.32 Å². The van der Waals surface area contributed by atoms with Gasteiger partial charge in [-0.1, -0.05) is 25.0 Å². The Kier molecular flexibility index (Phi) is 16.5. The minimum atomic E-state index is -1.28. The smallest absolute Gasteiger partial charge is 0.323 e. The first-order valence-electron chi connectivity index (χ1n) is 14.3. The highest BCUT2D eigenvalue weighted by Crippen LogP contribution is 2.32. The van der Waals surface area contributed by atoms with Crippen LogP contribution in [0.25, 0.3) is 0 Å². The molecular formula is C30H38ClN3O12. The second-order valence-electron chi connectivity index (χ2n) is 9.84. The van der Waals surface area contributed by atoms with E-state index >= 15 is 0 Å². The molecule has 0 radical (unpaired) electrons. The molecule has 0 aromatic heterocycles. The number of carbonyl (C=O) groups excluding carboxylic acids is 1. The fraction of sp³-hybridized carbons (Fsp3) is 0.433. The standard InChI is InChI=1S/C30H38ClN3O12/c31-11-5-1-2-6-12-44-20-26(35)32-21-9-10-23(34(18-29(40)41)19-30(42)43)25(15-21)46-14-13-45-24-8-4-3-7-22(24)33(16-27(36)37)17-28(38)39/h3-4,7-10,15H,1-2,5-6,11-14,16-20H2,(H,32,35)(H,36,37)(H,38,39)(H,40,41)(H,42,43). The van der Waals surface area contributed by atoms with Crippen LogP contribution in [0.15, 0.2) is 42.5 Å². The highest BCUT2D eigenvalue weighted by atomic mass is 35.5. The van der Waals surface area contributed by atoms with E-state index in [1.807, 2.05) is 0 Å². The van der Waals surface area contributed by atoms with Crippen LogP contribution < -0.4 is 24.6 Å². The predicted molar refractivity (Wildman–Crippen MR) is 167 cm³/mol. The van der Waals surface area contributed by atoms with E-state index in [-0.39, 0.29) is 48.4 Å². The lowest BCUT2D eigenvalue weighted by Crippen LogP contribution is -2.35. The van der Waals surface area contributed by atoms with Crippen molar-refractivity contribution in [2.75, 3.05) is 73.6 Å². The van der Waals surface area contributed by atoms with Gasteiger partial charge < -0.3 is 49.8 Å². The number of nitrogens with zero attached hydrogens (tertiary/aromatic N) is 2. The second kappa shape index (κ2) is 20.3. The maximum atomic E-state index is 12.4. The van der Waals surface area contributed by atoms with Crippen molar-refractivity contribution >= 4 is 58.4 Å². The Bertz CT molecular complexity index is 1290. The van der Waals surface area contributed by atoms with Crippen molar-refractivity contribution in [3.63, 3.8) is 0 Å². The van der Waals surface area contributed by atoms with Crippen molar-refractivity contribution in [2.45, 2.75) is 25.7 Å². The van der Waals surface area contributed by atoms with E-state index in [1.165, 1.54) is 30.3 Å². The summed E-state index contributed by atoms with van der Waals surface area (Å²) in [6.45, 7) is -2.57. The van der Waals surface area contributed by atoms with Crippen LogP contribution in [-0.4, -0.2) is 109 Å². The summed E-state index contributed by atoms with van der Waals surface area (Å²) in [5.41, 5.74) is 0.638. The first-order valence-corrected chi connectivity index (χ1v) is 14.8. The van der Waals surface area contributed by atoms with Gasteiger partial charge in [-0.15, -0.1) is 11.6 Å². The Morgan fingerprint density at radius 3 is 1.74 bits per heavy atom. The summed E-state index contributed by atoms with van der Waals surface area (Å²) in [5, 5.41) is 39.8. The van der Waals surface area contributed by atoms with E-state index in [4.69, 9.17) is 25.8 Å². The molecule has 15 nitrogen and oxygen atoms in total. The topological polar surface area (TPSA) is 212 Å². The molecule has 0 spiro atoms. The van der Waals surface area contributed by atoms with Gasteiger partial charge in [0.25, 0.3) is 0 Å². The Balaban J connectivity index is 2.17. The molecule has 0 aliphatic rings. The zero-order valence-electron chi connectivity index (χ0n) is 25.1. The molecule has 0 aliphatic heterocycles. The summed E-state index contributed by atoms with van der Waals surface area (Å²) in [7, 11) is 0. The molecule has 0 saturated carbocycles. The van der Waals surface area contributed by atoms with E-state index in [1.54, 1.807) is 12.1 Å². The number of alkyl halides is 1. The van der Waals surface area contributed by atoms with Crippen LogP contribution >= 0.6 is 11.6 Å². The van der Waals surface area contributed by atoms with Crippen molar-refractivity contribution in [1.82, 2.24) is 0 Å². The zero-order valence-corrected chi connectivity index (χ0v) is 25.8. The summed E-state index contributed by atoms with van der Waals surface area (Å²) in [6, 6.07) is 10.5. The van der Waals surface area contributed by atoms with Gasteiger partial charge in [0.2, 0.25) is 5.91 Å². The number of unbranched alkanes of at least 4 members (excludes halogenated alkanes) is 3.